The zero-order valence-corrected chi connectivity index (χ0v) is 8.50. The summed E-state index contributed by atoms with van der Waals surface area (Å²) >= 11 is 0. The molecule has 1 aliphatic heterocycles. The molecule has 0 radical (unpaired) electrons. The van der Waals surface area contributed by atoms with Crippen molar-refractivity contribution < 1.29 is 10.2 Å². The Morgan fingerprint density at radius 3 is 2.13 bits per heavy atom. The van der Waals surface area contributed by atoms with E-state index in [9.17, 15) is 0 Å². The lowest BCUT2D eigenvalue weighted by Crippen LogP contribution is -2.59. The second kappa shape index (κ2) is 4.08. The molecule has 1 saturated heterocycles. The van der Waals surface area contributed by atoms with Crippen molar-refractivity contribution in [2.24, 2.45) is 0 Å². The number of aliphatic hydroxyl groups is 2. The fourth-order valence-corrected chi connectivity index (χ4v) is 2.09. The second-order valence-corrected chi connectivity index (χ2v) is 3.91. The fourth-order valence-electron chi connectivity index (χ4n) is 2.09. The summed E-state index contributed by atoms with van der Waals surface area (Å²) < 4.78 is 0. The molecule has 0 saturated carbocycles. The summed E-state index contributed by atoms with van der Waals surface area (Å²) in [5.74, 6) is 0. The lowest BCUT2D eigenvalue weighted by molar-refractivity contribution is 0.150. The van der Waals surface area contributed by atoms with E-state index in [4.69, 9.17) is 15.9 Å². The van der Waals surface area contributed by atoms with Crippen LogP contribution in [0.2, 0.25) is 0 Å². The summed E-state index contributed by atoms with van der Waals surface area (Å²) in [6, 6.07) is 7.75. The first-order valence-corrected chi connectivity index (χ1v) is 5.12. The zero-order valence-electron chi connectivity index (χ0n) is 8.50. The van der Waals surface area contributed by atoms with Crippen LogP contribution in [0.25, 0.3) is 0 Å². The predicted molar refractivity (Wildman–Crippen MR) is 59.7 cm³/mol. The van der Waals surface area contributed by atoms with Crippen molar-refractivity contribution in [2.75, 3.05) is 23.8 Å². The van der Waals surface area contributed by atoms with Gasteiger partial charge in [-0.3, -0.25) is 0 Å². The fraction of sp³-hybridized carbons (Fsp3) is 0.455. The van der Waals surface area contributed by atoms with Crippen molar-refractivity contribution in [1.29, 1.82) is 0 Å². The van der Waals surface area contributed by atoms with E-state index in [0.717, 1.165) is 17.8 Å². The number of aliphatic hydroxyl groups excluding tert-OH is 2. The molecule has 1 fully saturated rings. The van der Waals surface area contributed by atoms with E-state index in [0.29, 0.717) is 0 Å². The Balaban J connectivity index is 2.17. The molecule has 2 atom stereocenters. The average Bonchev–Trinajstić information content (AvgIpc) is 2.21. The van der Waals surface area contributed by atoms with Crippen LogP contribution in [0.15, 0.2) is 24.3 Å². The minimum absolute atomic E-state index is 0.126. The van der Waals surface area contributed by atoms with Gasteiger partial charge < -0.3 is 20.8 Å². The molecule has 0 aromatic heterocycles. The Bertz CT molecular complexity index is 316. The minimum atomic E-state index is 0.126. The number of nitrogen functional groups attached to an aromatic ring is 1. The number of nitrogens with zero attached hydrogens (tertiary/aromatic N) is 1. The molecule has 0 amide bonds. The Hall–Kier alpha value is -1.26. The van der Waals surface area contributed by atoms with Crippen LogP contribution in [0.3, 0.4) is 0 Å². The van der Waals surface area contributed by atoms with Gasteiger partial charge in [-0.1, -0.05) is 0 Å². The van der Waals surface area contributed by atoms with Crippen molar-refractivity contribution in [3.63, 3.8) is 0 Å². The van der Waals surface area contributed by atoms with Gasteiger partial charge >= 0.3 is 0 Å². The second-order valence-electron chi connectivity index (χ2n) is 3.91. The van der Waals surface area contributed by atoms with Gasteiger partial charge in [0.1, 0.15) is 0 Å². The number of benzene rings is 1. The predicted octanol–water partition coefficient (Wildman–Crippen LogP) is 0.201. The van der Waals surface area contributed by atoms with E-state index >= 15 is 0 Å². The third-order valence-electron chi connectivity index (χ3n) is 2.94. The molecule has 2 rings (SSSR count). The van der Waals surface area contributed by atoms with E-state index in [2.05, 4.69) is 0 Å². The normalized spacial score (nSPS) is 25.1. The van der Waals surface area contributed by atoms with Gasteiger partial charge in [0.2, 0.25) is 0 Å². The van der Waals surface area contributed by atoms with Gasteiger partial charge in [0, 0.05) is 11.4 Å². The number of anilines is 2. The third kappa shape index (κ3) is 1.78. The number of hydrogen-bond acceptors (Lipinski definition) is 4. The van der Waals surface area contributed by atoms with E-state index in [-0.39, 0.29) is 25.3 Å². The number of nitrogens with two attached hydrogens (primary N) is 1. The molecule has 0 aliphatic carbocycles. The highest BCUT2D eigenvalue weighted by atomic mass is 16.3. The van der Waals surface area contributed by atoms with Crippen LogP contribution < -0.4 is 10.6 Å². The molecule has 1 aromatic rings. The van der Waals surface area contributed by atoms with Gasteiger partial charge in [0.15, 0.2) is 0 Å². The van der Waals surface area contributed by atoms with Crippen molar-refractivity contribution in [2.45, 2.75) is 18.5 Å². The van der Waals surface area contributed by atoms with Crippen LogP contribution in [0, 0.1) is 0 Å². The van der Waals surface area contributed by atoms with Gasteiger partial charge in [0.05, 0.1) is 25.3 Å². The molecular formula is C11H16N2O2. The van der Waals surface area contributed by atoms with Gasteiger partial charge in [-0.15, -0.1) is 0 Å². The average molecular weight is 208 g/mol. The molecule has 0 bridgehead atoms. The zero-order chi connectivity index (χ0) is 10.8. The lowest BCUT2D eigenvalue weighted by atomic mass is 9.93. The third-order valence-corrected chi connectivity index (χ3v) is 2.94. The highest BCUT2D eigenvalue weighted by Crippen LogP contribution is 2.32. The first-order chi connectivity index (χ1) is 7.26. The molecule has 4 nitrogen and oxygen atoms in total. The van der Waals surface area contributed by atoms with Crippen LogP contribution in [0.5, 0.6) is 0 Å². The topological polar surface area (TPSA) is 69.7 Å². The van der Waals surface area contributed by atoms with Gasteiger partial charge in [0.25, 0.3) is 0 Å². The molecule has 15 heavy (non-hydrogen) atoms. The van der Waals surface area contributed by atoms with Crippen LogP contribution in [-0.4, -0.2) is 35.5 Å². The van der Waals surface area contributed by atoms with Crippen LogP contribution in [0.4, 0.5) is 11.4 Å². The summed E-state index contributed by atoms with van der Waals surface area (Å²) in [4.78, 5) is 2.04. The van der Waals surface area contributed by atoms with E-state index in [1.807, 2.05) is 29.2 Å². The van der Waals surface area contributed by atoms with E-state index in [1.54, 1.807) is 0 Å². The number of rotatable bonds is 3. The molecule has 4 N–H and O–H groups in total. The molecule has 0 spiro atoms. The summed E-state index contributed by atoms with van der Waals surface area (Å²) in [6.07, 6.45) is 0.845. The Kier molecular flexibility index (Phi) is 2.79. The molecule has 82 valence electrons. The van der Waals surface area contributed by atoms with Crippen LogP contribution >= 0.6 is 0 Å². The molecule has 4 heteroatoms. The van der Waals surface area contributed by atoms with Gasteiger partial charge in [-0.2, -0.15) is 0 Å². The Morgan fingerprint density at radius 2 is 1.67 bits per heavy atom. The summed E-state index contributed by atoms with van der Waals surface area (Å²) in [7, 11) is 0. The summed E-state index contributed by atoms with van der Waals surface area (Å²) in [5, 5.41) is 18.3. The van der Waals surface area contributed by atoms with Crippen LogP contribution in [0.1, 0.15) is 6.42 Å². The molecule has 2 unspecified atom stereocenters. The van der Waals surface area contributed by atoms with Crippen LogP contribution in [-0.2, 0) is 0 Å². The summed E-state index contributed by atoms with van der Waals surface area (Å²) in [6.45, 7) is 0.252. The monoisotopic (exact) mass is 208 g/mol. The van der Waals surface area contributed by atoms with E-state index in [1.165, 1.54) is 0 Å². The SMILES string of the molecule is Nc1ccc(N2C(CO)CC2CO)cc1. The smallest absolute Gasteiger partial charge is 0.0635 e. The minimum Gasteiger partial charge on any atom is -0.399 e. The maximum Gasteiger partial charge on any atom is 0.0635 e. The van der Waals surface area contributed by atoms with Crippen molar-refractivity contribution in [1.82, 2.24) is 0 Å². The quantitative estimate of drug-likeness (QED) is 0.621. The molecule has 1 heterocycles. The molecule has 1 aromatic carbocycles. The first kappa shape index (κ1) is 10.3. The van der Waals surface area contributed by atoms with E-state index < -0.39 is 0 Å². The van der Waals surface area contributed by atoms with Crippen molar-refractivity contribution in [3.05, 3.63) is 24.3 Å². The highest BCUT2D eigenvalue weighted by molar-refractivity contribution is 5.56. The van der Waals surface area contributed by atoms with Gasteiger partial charge in [-0.05, 0) is 30.7 Å². The molecule has 1 aliphatic rings. The highest BCUT2D eigenvalue weighted by Gasteiger charge is 2.37. The van der Waals surface area contributed by atoms with Gasteiger partial charge in [-0.25, -0.2) is 0 Å². The standard InChI is InChI=1S/C11H16N2O2/c12-8-1-3-9(4-2-8)13-10(6-14)5-11(13)7-15/h1-4,10-11,14-15H,5-7,12H2. The lowest BCUT2D eigenvalue weighted by Gasteiger charge is -2.49. The summed E-state index contributed by atoms with van der Waals surface area (Å²) in [5.41, 5.74) is 7.33. The molecular weight excluding hydrogens is 192 g/mol. The maximum absolute atomic E-state index is 9.14. The number of hydrogen-bond donors (Lipinski definition) is 3. The maximum atomic E-state index is 9.14. The Labute approximate surface area is 88.9 Å². The Morgan fingerprint density at radius 1 is 1.13 bits per heavy atom. The first-order valence-electron chi connectivity index (χ1n) is 5.12. The van der Waals surface area contributed by atoms with Crippen molar-refractivity contribution >= 4 is 11.4 Å². The van der Waals surface area contributed by atoms with Crippen molar-refractivity contribution in [3.8, 4) is 0 Å². The largest absolute Gasteiger partial charge is 0.399 e.